The molecule has 5 rings (SSSR count). The number of fused-ring (bicyclic) bond motifs is 1. The molecule has 4 N–H and O–H groups in total. The molecule has 1 aliphatic heterocycles. The first kappa shape index (κ1) is 31.9. The van der Waals surface area contributed by atoms with E-state index < -0.39 is 29.4 Å². The number of likely N-dealkylation sites (tertiary alicyclic amines) is 1. The van der Waals surface area contributed by atoms with Gasteiger partial charge in [0.25, 0.3) is 5.91 Å². The van der Waals surface area contributed by atoms with Gasteiger partial charge in [0.2, 0.25) is 11.8 Å². The number of carbonyl (C=O) groups is 3. The Labute approximate surface area is 263 Å². The quantitative estimate of drug-likeness (QED) is 0.233. The van der Waals surface area contributed by atoms with Gasteiger partial charge in [0.05, 0.1) is 30.6 Å². The van der Waals surface area contributed by atoms with Crippen molar-refractivity contribution in [1.82, 2.24) is 20.0 Å². The molecular weight excluding hydrogens is 568 g/mol. The van der Waals surface area contributed by atoms with Gasteiger partial charge in [-0.05, 0) is 60.6 Å². The van der Waals surface area contributed by atoms with E-state index in [1.165, 1.54) is 6.20 Å². The molecule has 2 heterocycles. The van der Waals surface area contributed by atoms with Gasteiger partial charge in [0, 0.05) is 19.3 Å². The molecular formula is C35H42N6O4. The summed E-state index contributed by atoms with van der Waals surface area (Å²) in [6.07, 6.45) is 5.07. The second-order valence-corrected chi connectivity index (χ2v) is 12.5. The number of nitrogens with zero attached hydrogens (tertiary/aromatic N) is 3. The fourth-order valence-electron chi connectivity index (χ4n) is 5.36. The van der Waals surface area contributed by atoms with Crippen molar-refractivity contribution in [2.45, 2.75) is 57.8 Å². The summed E-state index contributed by atoms with van der Waals surface area (Å²) in [7, 11) is 0. The second-order valence-electron chi connectivity index (χ2n) is 12.5. The average molecular weight is 611 g/mol. The van der Waals surface area contributed by atoms with Crippen LogP contribution in [0.25, 0.3) is 10.8 Å². The van der Waals surface area contributed by atoms with Crippen LogP contribution >= 0.6 is 0 Å². The van der Waals surface area contributed by atoms with Crippen molar-refractivity contribution in [2.75, 3.05) is 25.0 Å². The predicted octanol–water partition coefficient (Wildman–Crippen LogP) is 4.26. The minimum Gasteiger partial charge on any atom is -0.374 e. The summed E-state index contributed by atoms with van der Waals surface area (Å²) in [4.78, 5) is 42.1. The number of amides is 3. The van der Waals surface area contributed by atoms with Gasteiger partial charge in [-0.15, -0.1) is 0 Å². The lowest BCUT2D eigenvalue weighted by molar-refractivity contribution is -0.135. The van der Waals surface area contributed by atoms with Gasteiger partial charge in [-0.3, -0.25) is 19.1 Å². The fraction of sp³-hybridized carbons (Fsp3) is 0.371. The summed E-state index contributed by atoms with van der Waals surface area (Å²) in [5.74, 6) is -0.435. The molecule has 0 bridgehead atoms. The highest BCUT2D eigenvalue weighted by atomic mass is 16.5. The van der Waals surface area contributed by atoms with Gasteiger partial charge in [0.1, 0.15) is 6.04 Å². The zero-order valence-electron chi connectivity index (χ0n) is 26.1. The van der Waals surface area contributed by atoms with Crippen LogP contribution in [-0.2, 0) is 25.7 Å². The molecule has 3 aromatic carbocycles. The lowest BCUT2D eigenvalue weighted by Gasteiger charge is -2.33. The maximum Gasteiger partial charge on any atom is 0.252 e. The van der Waals surface area contributed by atoms with Crippen LogP contribution in [-0.4, -0.2) is 63.7 Å². The Morgan fingerprint density at radius 3 is 2.40 bits per heavy atom. The van der Waals surface area contributed by atoms with Crippen molar-refractivity contribution in [2.24, 2.45) is 11.7 Å². The van der Waals surface area contributed by atoms with Gasteiger partial charge in [-0.25, -0.2) is 0 Å². The van der Waals surface area contributed by atoms with Crippen LogP contribution in [0, 0.1) is 5.92 Å². The minimum atomic E-state index is -1.19. The molecule has 1 aliphatic rings. The summed E-state index contributed by atoms with van der Waals surface area (Å²) >= 11 is 0. The molecule has 45 heavy (non-hydrogen) atoms. The van der Waals surface area contributed by atoms with Crippen molar-refractivity contribution >= 4 is 34.2 Å². The van der Waals surface area contributed by atoms with E-state index in [-0.39, 0.29) is 19.1 Å². The van der Waals surface area contributed by atoms with Crippen LogP contribution in [0.5, 0.6) is 0 Å². The molecule has 2 atom stereocenters. The van der Waals surface area contributed by atoms with E-state index in [9.17, 15) is 14.4 Å². The van der Waals surface area contributed by atoms with Crippen molar-refractivity contribution in [1.29, 1.82) is 0 Å². The average Bonchev–Trinajstić information content (AvgIpc) is 3.48. The minimum absolute atomic E-state index is 0.0391. The zero-order valence-corrected chi connectivity index (χ0v) is 26.1. The number of nitrogens with two attached hydrogens (primary N) is 1. The maximum atomic E-state index is 14.0. The summed E-state index contributed by atoms with van der Waals surface area (Å²) in [5, 5.41) is 12.2. The van der Waals surface area contributed by atoms with Gasteiger partial charge >= 0.3 is 0 Å². The number of ether oxygens (including phenoxy) is 1. The first-order valence-electron chi connectivity index (χ1n) is 15.4. The molecule has 0 saturated carbocycles. The van der Waals surface area contributed by atoms with Crippen molar-refractivity contribution in [3.8, 4) is 0 Å². The third-order valence-corrected chi connectivity index (χ3v) is 8.16. The predicted molar refractivity (Wildman–Crippen MR) is 174 cm³/mol. The number of piperidine rings is 1. The maximum absolute atomic E-state index is 14.0. The summed E-state index contributed by atoms with van der Waals surface area (Å²) < 4.78 is 7.41. The van der Waals surface area contributed by atoms with Crippen LogP contribution in [0.3, 0.4) is 0 Å². The Kier molecular flexibility index (Phi) is 9.95. The Bertz CT molecular complexity index is 1620. The standard InChI is InChI=1S/C35H42N6O4/c1-24-15-17-40(18-16-24)33(43)31(28-14-13-26-11-7-8-12-27(26)19-28)41-21-29(20-37-41)38-32(42)30(39-34(44)35(2,3)36)23-45-22-25-9-5-4-6-10-25/h4-14,19-21,24,30-31H,15-18,22-23,36H2,1-3H3,(H,38,42)(H,39,44)/t30-,31?/m1/s1. The zero-order chi connectivity index (χ0) is 32.0. The Balaban J connectivity index is 1.36. The van der Waals surface area contributed by atoms with Crippen LogP contribution in [0.1, 0.15) is 50.8 Å². The number of aromatic nitrogens is 2. The number of carbonyl (C=O) groups excluding carboxylic acids is 3. The van der Waals surface area contributed by atoms with Crippen LogP contribution < -0.4 is 16.4 Å². The van der Waals surface area contributed by atoms with Gasteiger partial charge in [0.15, 0.2) is 6.04 Å². The van der Waals surface area contributed by atoms with E-state index in [0.717, 1.165) is 34.7 Å². The molecule has 1 unspecified atom stereocenters. The van der Waals surface area contributed by atoms with E-state index in [1.54, 1.807) is 24.7 Å². The Hall–Kier alpha value is -4.54. The number of benzene rings is 3. The van der Waals surface area contributed by atoms with E-state index >= 15 is 0 Å². The van der Waals surface area contributed by atoms with Crippen molar-refractivity contribution in [3.05, 3.63) is 96.3 Å². The molecule has 236 valence electrons. The number of nitrogens with one attached hydrogen (secondary N) is 2. The Morgan fingerprint density at radius 1 is 1.00 bits per heavy atom. The lowest BCUT2D eigenvalue weighted by atomic mass is 9.96. The topological polar surface area (TPSA) is 132 Å². The lowest BCUT2D eigenvalue weighted by Crippen LogP contribution is -2.56. The van der Waals surface area contributed by atoms with Crippen LogP contribution in [0.2, 0.25) is 0 Å². The summed E-state index contributed by atoms with van der Waals surface area (Å²) in [5.41, 5.74) is 6.94. The highest BCUT2D eigenvalue weighted by Gasteiger charge is 2.32. The molecule has 3 amide bonds. The highest BCUT2D eigenvalue weighted by Crippen LogP contribution is 2.28. The first-order chi connectivity index (χ1) is 21.6. The first-order valence-corrected chi connectivity index (χ1v) is 15.4. The molecule has 4 aromatic rings. The van der Waals surface area contributed by atoms with Gasteiger partial charge in [-0.2, -0.15) is 5.10 Å². The van der Waals surface area contributed by atoms with Crippen molar-refractivity contribution in [3.63, 3.8) is 0 Å². The van der Waals surface area contributed by atoms with E-state index in [0.29, 0.717) is 24.7 Å². The number of rotatable bonds is 11. The highest BCUT2D eigenvalue weighted by molar-refractivity contribution is 5.98. The molecule has 1 aromatic heterocycles. The SMILES string of the molecule is CC1CCN(C(=O)C(c2ccc3ccccc3c2)n2cc(NC(=O)[C@@H](COCc3ccccc3)NC(=O)C(C)(C)N)cn2)CC1. The second kappa shape index (κ2) is 14.0. The number of hydrogen-bond acceptors (Lipinski definition) is 6. The number of hydrogen-bond donors (Lipinski definition) is 3. The van der Waals surface area contributed by atoms with Gasteiger partial charge < -0.3 is 26.0 Å². The molecule has 0 aliphatic carbocycles. The molecule has 0 radical (unpaired) electrons. The molecule has 1 fully saturated rings. The van der Waals surface area contributed by atoms with Crippen molar-refractivity contribution < 1.29 is 19.1 Å². The summed E-state index contributed by atoms with van der Waals surface area (Å²) in [6.45, 7) is 6.94. The van der Waals surface area contributed by atoms with Gasteiger partial charge in [-0.1, -0.05) is 73.7 Å². The molecule has 0 spiro atoms. The largest absolute Gasteiger partial charge is 0.374 e. The van der Waals surface area contributed by atoms with E-state index in [4.69, 9.17) is 10.5 Å². The normalized spacial score (nSPS) is 15.4. The molecule has 10 heteroatoms. The molecule has 10 nitrogen and oxygen atoms in total. The monoisotopic (exact) mass is 610 g/mol. The molecule has 1 saturated heterocycles. The van der Waals surface area contributed by atoms with E-state index in [1.807, 2.05) is 77.7 Å². The Morgan fingerprint density at radius 2 is 1.69 bits per heavy atom. The van der Waals surface area contributed by atoms with Crippen LogP contribution in [0.15, 0.2) is 85.2 Å². The van der Waals surface area contributed by atoms with Crippen LogP contribution in [0.4, 0.5) is 5.69 Å². The van der Waals surface area contributed by atoms with E-state index in [2.05, 4.69) is 22.7 Å². The third kappa shape index (κ3) is 8.14. The number of anilines is 1. The third-order valence-electron chi connectivity index (χ3n) is 8.16. The summed E-state index contributed by atoms with van der Waals surface area (Å²) in [6, 6.07) is 21.8. The smallest absolute Gasteiger partial charge is 0.252 e. The fourth-order valence-corrected chi connectivity index (χ4v) is 5.36.